The van der Waals surface area contributed by atoms with Gasteiger partial charge in [-0.2, -0.15) is 0 Å². The van der Waals surface area contributed by atoms with Crippen LogP contribution in [-0.2, 0) is 11.2 Å². The number of hydrogen-bond donors (Lipinski definition) is 1. The van der Waals surface area contributed by atoms with Crippen molar-refractivity contribution in [2.24, 2.45) is 0 Å². The second-order valence-electron chi connectivity index (χ2n) is 5.55. The number of nitrogens with zero attached hydrogens (tertiary/aromatic N) is 1. The van der Waals surface area contributed by atoms with E-state index in [4.69, 9.17) is 4.74 Å². The Morgan fingerprint density at radius 1 is 1.30 bits per heavy atom. The third-order valence-electron chi connectivity index (χ3n) is 3.65. The molecule has 1 aromatic carbocycles. The Morgan fingerprint density at radius 2 is 1.95 bits per heavy atom. The van der Waals surface area contributed by atoms with E-state index < -0.39 is 17.7 Å². The van der Waals surface area contributed by atoms with E-state index in [-0.39, 0.29) is 12.5 Å². The second-order valence-corrected chi connectivity index (χ2v) is 5.55. The van der Waals surface area contributed by atoms with E-state index in [1.165, 1.54) is 12.1 Å². The van der Waals surface area contributed by atoms with Crippen LogP contribution >= 0.6 is 0 Å². The van der Waals surface area contributed by atoms with Gasteiger partial charge in [0, 0.05) is 31.6 Å². The van der Waals surface area contributed by atoms with Gasteiger partial charge in [-0.3, -0.25) is 4.90 Å². The molecule has 1 aliphatic rings. The van der Waals surface area contributed by atoms with E-state index in [1.807, 2.05) is 0 Å². The lowest BCUT2D eigenvalue weighted by atomic mass is 10.0. The van der Waals surface area contributed by atoms with Gasteiger partial charge in [0.05, 0.1) is 18.8 Å². The first-order valence-corrected chi connectivity index (χ1v) is 6.94. The summed E-state index contributed by atoms with van der Waals surface area (Å²) in [5, 5.41) is 10.2. The van der Waals surface area contributed by atoms with Crippen molar-refractivity contribution in [3.8, 4) is 0 Å². The number of benzene rings is 1. The Hall–Kier alpha value is -1.04. The van der Waals surface area contributed by atoms with Gasteiger partial charge in [-0.1, -0.05) is 0 Å². The van der Waals surface area contributed by atoms with Crippen molar-refractivity contribution in [1.29, 1.82) is 0 Å². The summed E-state index contributed by atoms with van der Waals surface area (Å²) in [6.45, 7) is 6.23. The maximum absolute atomic E-state index is 13.1. The van der Waals surface area contributed by atoms with Gasteiger partial charge in [0.2, 0.25) is 0 Å². The summed E-state index contributed by atoms with van der Waals surface area (Å²) < 4.78 is 31.8. The average molecular weight is 285 g/mol. The van der Waals surface area contributed by atoms with Crippen LogP contribution in [0.15, 0.2) is 18.2 Å². The molecule has 5 heteroatoms. The largest absolute Gasteiger partial charge is 0.390 e. The zero-order valence-corrected chi connectivity index (χ0v) is 11.9. The molecule has 20 heavy (non-hydrogen) atoms. The van der Waals surface area contributed by atoms with E-state index >= 15 is 0 Å². The van der Waals surface area contributed by atoms with E-state index in [2.05, 4.69) is 18.7 Å². The molecule has 0 aromatic heterocycles. The Morgan fingerprint density at radius 3 is 2.55 bits per heavy atom. The van der Waals surface area contributed by atoms with Gasteiger partial charge < -0.3 is 9.84 Å². The van der Waals surface area contributed by atoms with E-state index in [0.29, 0.717) is 24.8 Å². The van der Waals surface area contributed by atoms with Gasteiger partial charge in [0.1, 0.15) is 11.6 Å². The Bertz CT molecular complexity index is 433. The molecule has 2 rings (SSSR count). The molecule has 2 unspecified atom stereocenters. The summed E-state index contributed by atoms with van der Waals surface area (Å²) in [7, 11) is 0. The van der Waals surface area contributed by atoms with Gasteiger partial charge in [0.15, 0.2) is 0 Å². The number of rotatable bonds is 4. The average Bonchev–Trinajstić information content (AvgIpc) is 2.37. The Labute approximate surface area is 118 Å². The molecule has 1 N–H and O–H groups in total. The van der Waals surface area contributed by atoms with Crippen molar-refractivity contribution in [3.63, 3.8) is 0 Å². The number of ether oxygens (including phenoxy) is 1. The molecule has 0 bridgehead atoms. The zero-order chi connectivity index (χ0) is 14.7. The van der Waals surface area contributed by atoms with Crippen LogP contribution in [0.25, 0.3) is 0 Å². The fraction of sp³-hybridized carbons (Fsp3) is 0.600. The summed E-state index contributed by atoms with van der Waals surface area (Å²) in [5.74, 6) is -1.25. The molecule has 3 nitrogen and oxygen atoms in total. The highest BCUT2D eigenvalue weighted by atomic mass is 19.1. The lowest BCUT2D eigenvalue weighted by Gasteiger charge is -2.37. The molecule has 1 aromatic rings. The van der Waals surface area contributed by atoms with Crippen molar-refractivity contribution < 1.29 is 18.6 Å². The number of aliphatic hydroxyl groups excluding tert-OH is 1. The highest BCUT2D eigenvalue weighted by Gasteiger charge is 2.28. The molecule has 1 saturated heterocycles. The molecular weight excluding hydrogens is 264 g/mol. The lowest BCUT2D eigenvalue weighted by Crippen LogP contribution is -2.50. The fourth-order valence-corrected chi connectivity index (χ4v) is 2.50. The Kier molecular flexibility index (Phi) is 5.07. The van der Waals surface area contributed by atoms with Crippen LogP contribution in [-0.4, -0.2) is 48.0 Å². The third-order valence-corrected chi connectivity index (χ3v) is 3.65. The van der Waals surface area contributed by atoms with Crippen molar-refractivity contribution in [1.82, 2.24) is 4.90 Å². The molecule has 1 heterocycles. The van der Waals surface area contributed by atoms with Crippen LogP contribution in [0.2, 0.25) is 0 Å². The number of morpholine rings is 1. The van der Waals surface area contributed by atoms with E-state index in [9.17, 15) is 13.9 Å². The second kappa shape index (κ2) is 6.61. The standard InChI is InChI=1S/C15H21F2NO2/c1-10(2)18-3-4-20-15(9-18)14(19)7-11-5-12(16)8-13(17)6-11/h5-6,8,10,14-15,19H,3-4,7,9H2,1-2H3. The Balaban J connectivity index is 1.98. The monoisotopic (exact) mass is 285 g/mol. The van der Waals surface area contributed by atoms with Crippen molar-refractivity contribution in [3.05, 3.63) is 35.4 Å². The van der Waals surface area contributed by atoms with Gasteiger partial charge in [-0.15, -0.1) is 0 Å². The van der Waals surface area contributed by atoms with Crippen LogP contribution < -0.4 is 0 Å². The molecule has 112 valence electrons. The highest BCUT2D eigenvalue weighted by molar-refractivity contribution is 5.19. The zero-order valence-electron chi connectivity index (χ0n) is 11.9. The van der Waals surface area contributed by atoms with Crippen LogP contribution in [0.5, 0.6) is 0 Å². The smallest absolute Gasteiger partial charge is 0.126 e. The third kappa shape index (κ3) is 3.98. The quantitative estimate of drug-likeness (QED) is 0.918. The van der Waals surface area contributed by atoms with Crippen molar-refractivity contribution >= 4 is 0 Å². The number of halogens is 2. The van der Waals surface area contributed by atoms with Gasteiger partial charge in [-0.05, 0) is 31.5 Å². The summed E-state index contributed by atoms with van der Waals surface area (Å²) in [5.41, 5.74) is 0.445. The molecule has 1 fully saturated rings. The molecule has 0 saturated carbocycles. The van der Waals surface area contributed by atoms with Crippen LogP contribution in [0.1, 0.15) is 19.4 Å². The minimum atomic E-state index is -0.766. The normalized spacial score (nSPS) is 22.2. The first-order valence-electron chi connectivity index (χ1n) is 6.94. The molecule has 2 atom stereocenters. The van der Waals surface area contributed by atoms with Gasteiger partial charge >= 0.3 is 0 Å². The number of hydrogen-bond acceptors (Lipinski definition) is 3. The summed E-state index contributed by atoms with van der Waals surface area (Å²) in [4.78, 5) is 2.23. The maximum Gasteiger partial charge on any atom is 0.126 e. The van der Waals surface area contributed by atoms with Crippen molar-refractivity contribution in [2.75, 3.05) is 19.7 Å². The molecule has 0 radical (unpaired) electrons. The first-order chi connectivity index (χ1) is 9.45. The minimum Gasteiger partial charge on any atom is -0.390 e. The molecular formula is C15H21F2NO2. The summed E-state index contributed by atoms with van der Waals surface area (Å²) in [6, 6.07) is 3.71. The molecule has 1 aliphatic heterocycles. The molecule has 0 aliphatic carbocycles. The van der Waals surface area contributed by atoms with Crippen molar-refractivity contribution in [2.45, 2.75) is 38.5 Å². The van der Waals surface area contributed by atoms with Crippen LogP contribution in [0.3, 0.4) is 0 Å². The number of aliphatic hydroxyl groups is 1. The predicted octanol–water partition coefficient (Wildman–Crippen LogP) is 1.98. The minimum absolute atomic E-state index is 0.186. The lowest BCUT2D eigenvalue weighted by molar-refractivity contribution is -0.0941. The summed E-state index contributed by atoms with van der Waals surface area (Å²) >= 11 is 0. The SMILES string of the molecule is CC(C)N1CCOC(C(O)Cc2cc(F)cc(F)c2)C1. The summed E-state index contributed by atoms with van der Waals surface area (Å²) in [6.07, 6.45) is -0.902. The fourth-order valence-electron chi connectivity index (χ4n) is 2.50. The van der Waals surface area contributed by atoms with Crippen LogP contribution in [0.4, 0.5) is 8.78 Å². The maximum atomic E-state index is 13.1. The van der Waals surface area contributed by atoms with Crippen LogP contribution in [0, 0.1) is 11.6 Å². The van der Waals surface area contributed by atoms with Gasteiger partial charge in [0.25, 0.3) is 0 Å². The molecule has 0 amide bonds. The predicted molar refractivity (Wildman–Crippen MR) is 72.5 cm³/mol. The van der Waals surface area contributed by atoms with E-state index in [1.54, 1.807) is 0 Å². The first kappa shape index (κ1) is 15.4. The van der Waals surface area contributed by atoms with Gasteiger partial charge in [-0.25, -0.2) is 8.78 Å². The topological polar surface area (TPSA) is 32.7 Å². The van der Waals surface area contributed by atoms with E-state index in [0.717, 1.165) is 12.6 Å². The highest BCUT2D eigenvalue weighted by Crippen LogP contribution is 2.16. The molecule has 0 spiro atoms.